The molecular formula is C29H29N2O5S2+. The largest absolute Gasteiger partial charge is 0.365 e. The van der Waals surface area contributed by atoms with E-state index in [9.17, 15) is 14.4 Å². The van der Waals surface area contributed by atoms with Crippen LogP contribution in [0.25, 0.3) is 0 Å². The van der Waals surface area contributed by atoms with Crippen molar-refractivity contribution in [3.63, 3.8) is 0 Å². The summed E-state index contributed by atoms with van der Waals surface area (Å²) in [6.45, 7) is 3.86. The van der Waals surface area contributed by atoms with Gasteiger partial charge in [-0.1, -0.05) is 11.8 Å². The third-order valence-electron chi connectivity index (χ3n) is 7.27. The van der Waals surface area contributed by atoms with Gasteiger partial charge in [-0.05, 0) is 42.8 Å². The molecule has 5 rings (SSSR count). The third-order valence-corrected chi connectivity index (χ3v) is 9.64. The highest BCUT2D eigenvalue weighted by molar-refractivity contribution is 8.18. The van der Waals surface area contributed by atoms with Crippen LogP contribution in [0.4, 0.5) is 5.00 Å². The zero-order valence-corrected chi connectivity index (χ0v) is 22.7. The normalized spacial score (nSPS) is 26.4. The standard InChI is InChI=1S/C29H29N2O5S2/c1-3-17-35-19-9-13-30(14-10-19)23-7-5-21(37-23)25-27(32)26(29(34)28(25)33)22-6-8-24(38-22)31-15-11-20(12-16-31)36-18-4-2/h1-2,5-8,19-20,25H,9-18H2/q+1/b26-22-,31-24?. The Bertz CT molecular complexity index is 1310. The van der Waals surface area contributed by atoms with Crippen molar-refractivity contribution in [2.45, 2.75) is 43.8 Å². The van der Waals surface area contributed by atoms with Crippen molar-refractivity contribution in [1.29, 1.82) is 0 Å². The minimum Gasteiger partial charge on any atom is -0.365 e. The second kappa shape index (κ2) is 11.8. The molecule has 0 N–H and O–H groups in total. The number of ether oxygens (including phenoxy) is 2. The van der Waals surface area contributed by atoms with Crippen molar-refractivity contribution in [2.75, 3.05) is 44.3 Å². The van der Waals surface area contributed by atoms with E-state index in [1.165, 1.54) is 23.1 Å². The third kappa shape index (κ3) is 5.43. The molecule has 0 aromatic carbocycles. The van der Waals surface area contributed by atoms with E-state index < -0.39 is 23.3 Å². The number of allylic oxidation sites excluding steroid dienone is 2. The SMILES string of the molecule is C#CCOC1CCN(c2ccc(C3C(=O)C(=O)/C(=C4/C=CC(=[N+]5CCC(OCC#C)CC5)S4)C3=O)s2)CC1. The molecule has 3 aliphatic heterocycles. The van der Waals surface area contributed by atoms with Crippen LogP contribution in [0.1, 0.15) is 36.5 Å². The van der Waals surface area contributed by atoms with Gasteiger partial charge in [0.05, 0.1) is 22.8 Å². The van der Waals surface area contributed by atoms with Crippen LogP contribution in [0.2, 0.25) is 0 Å². The average Bonchev–Trinajstić information content (AvgIpc) is 3.66. The Labute approximate surface area is 230 Å². The highest BCUT2D eigenvalue weighted by atomic mass is 32.2. The van der Waals surface area contributed by atoms with Crippen LogP contribution < -0.4 is 4.90 Å². The Morgan fingerprint density at radius 3 is 2.24 bits per heavy atom. The van der Waals surface area contributed by atoms with Crippen molar-refractivity contribution in [2.24, 2.45) is 0 Å². The summed E-state index contributed by atoms with van der Waals surface area (Å²) in [5, 5.41) is 1.97. The molecule has 1 aromatic heterocycles. The van der Waals surface area contributed by atoms with Crippen LogP contribution in [0, 0.1) is 24.7 Å². The molecule has 1 aromatic rings. The second-order valence-corrected chi connectivity index (χ2v) is 11.7. The molecule has 1 atom stereocenters. The van der Waals surface area contributed by atoms with Gasteiger partial charge in [0.25, 0.3) is 0 Å². The lowest BCUT2D eigenvalue weighted by Gasteiger charge is -2.32. The van der Waals surface area contributed by atoms with Crippen LogP contribution in [-0.4, -0.2) is 78.6 Å². The van der Waals surface area contributed by atoms with Gasteiger partial charge in [0.2, 0.25) is 16.6 Å². The fourth-order valence-electron chi connectivity index (χ4n) is 5.24. The van der Waals surface area contributed by atoms with Gasteiger partial charge in [-0.3, -0.25) is 14.4 Å². The maximum Gasteiger partial charge on any atom is 0.239 e. The topological polar surface area (TPSA) is 75.9 Å². The highest BCUT2D eigenvalue weighted by Crippen LogP contribution is 2.41. The second-order valence-electron chi connectivity index (χ2n) is 9.58. The van der Waals surface area contributed by atoms with E-state index in [1.807, 2.05) is 18.2 Å². The molecule has 1 aliphatic carbocycles. The Kier molecular flexibility index (Phi) is 8.30. The summed E-state index contributed by atoms with van der Waals surface area (Å²) in [4.78, 5) is 42.8. The van der Waals surface area contributed by atoms with Gasteiger partial charge in [0.1, 0.15) is 32.2 Å². The number of terminal acetylenes is 2. The van der Waals surface area contributed by atoms with Gasteiger partial charge in [-0.25, -0.2) is 4.58 Å². The predicted octanol–water partition coefficient (Wildman–Crippen LogP) is 2.95. The van der Waals surface area contributed by atoms with Crippen LogP contribution in [-0.2, 0) is 23.9 Å². The minimum atomic E-state index is -1.05. The molecule has 196 valence electrons. The maximum atomic E-state index is 13.4. The first-order valence-electron chi connectivity index (χ1n) is 12.8. The molecule has 1 unspecified atom stereocenters. The summed E-state index contributed by atoms with van der Waals surface area (Å²) in [7, 11) is 0. The summed E-state index contributed by atoms with van der Waals surface area (Å²) >= 11 is 2.80. The first-order chi connectivity index (χ1) is 18.5. The Balaban J connectivity index is 1.26. The molecule has 0 spiro atoms. The van der Waals surface area contributed by atoms with Crippen LogP contribution in [0.3, 0.4) is 0 Å². The Hall–Kier alpha value is -2.95. The van der Waals surface area contributed by atoms with Crippen LogP contribution >= 0.6 is 23.1 Å². The lowest BCUT2D eigenvalue weighted by molar-refractivity contribution is -0.538. The predicted molar refractivity (Wildman–Crippen MR) is 149 cm³/mol. The van der Waals surface area contributed by atoms with Crippen molar-refractivity contribution in [1.82, 2.24) is 0 Å². The number of carbonyl (C=O) groups is 3. The molecule has 4 heterocycles. The fourth-order valence-corrected chi connectivity index (χ4v) is 7.50. The van der Waals surface area contributed by atoms with E-state index in [1.54, 1.807) is 6.08 Å². The molecule has 0 radical (unpaired) electrons. The molecular weight excluding hydrogens is 520 g/mol. The van der Waals surface area contributed by atoms with E-state index >= 15 is 0 Å². The minimum absolute atomic E-state index is 0.0184. The molecule has 2 saturated heterocycles. The Morgan fingerprint density at radius 1 is 0.921 bits per heavy atom. The number of thiophene rings is 1. The first kappa shape index (κ1) is 26.6. The zero-order chi connectivity index (χ0) is 26.6. The van der Waals surface area contributed by atoms with Crippen molar-refractivity contribution < 1.29 is 28.4 Å². The lowest BCUT2D eigenvalue weighted by Crippen LogP contribution is -2.36. The first-order valence-corrected chi connectivity index (χ1v) is 14.4. The van der Waals surface area contributed by atoms with E-state index in [0.29, 0.717) is 23.0 Å². The summed E-state index contributed by atoms with van der Waals surface area (Å²) < 4.78 is 13.5. The maximum absolute atomic E-state index is 13.4. The Morgan fingerprint density at radius 2 is 1.58 bits per heavy atom. The number of rotatable bonds is 6. The van der Waals surface area contributed by atoms with Gasteiger partial charge in [-0.2, -0.15) is 0 Å². The molecule has 0 bridgehead atoms. The summed E-state index contributed by atoms with van der Waals surface area (Å²) in [5.41, 5.74) is 0.0184. The number of anilines is 1. The average molecular weight is 550 g/mol. The molecule has 4 aliphatic rings. The molecule has 0 amide bonds. The smallest absolute Gasteiger partial charge is 0.239 e. The number of piperidine rings is 2. The van der Waals surface area contributed by atoms with Crippen LogP contribution in [0.15, 0.2) is 34.8 Å². The highest BCUT2D eigenvalue weighted by Gasteiger charge is 2.48. The molecule has 1 saturated carbocycles. The van der Waals surface area contributed by atoms with Crippen molar-refractivity contribution >= 4 is 50.5 Å². The number of Topliss-reactive ketones (excluding diaryl/α,β-unsaturated/α-hetero) is 3. The van der Waals surface area contributed by atoms with Gasteiger partial charge in [-0.15, -0.1) is 24.2 Å². The van der Waals surface area contributed by atoms with Crippen molar-refractivity contribution in [3.8, 4) is 24.7 Å². The number of hydrogen-bond donors (Lipinski definition) is 0. The molecule has 38 heavy (non-hydrogen) atoms. The van der Waals surface area contributed by atoms with Gasteiger partial charge >= 0.3 is 0 Å². The van der Waals surface area contributed by atoms with E-state index in [4.69, 9.17) is 22.3 Å². The monoisotopic (exact) mass is 549 g/mol. The van der Waals surface area contributed by atoms with Crippen molar-refractivity contribution in [3.05, 3.63) is 39.6 Å². The molecule has 7 nitrogen and oxygen atoms in total. The lowest BCUT2D eigenvalue weighted by atomic mass is 10.0. The van der Waals surface area contributed by atoms with E-state index in [2.05, 4.69) is 21.3 Å². The summed E-state index contributed by atoms with van der Waals surface area (Å²) in [6.07, 6.45) is 18.0. The summed E-state index contributed by atoms with van der Waals surface area (Å²) in [6, 6.07) is 3.75. The fraction of sp³-hybridized carbons (Fsp3) is 0.448. The van der Waals surface area contributed by atoms with E-state index in [-0.39, 0.29) is 17.8 Å². The van der Waals surface area contributed by atoms with Gasteiger partial charge in [0.15, 0.2) is 5.78 Å². The quantitative estimate of drug-likeness (QED) is 0.135. The summed E-state index contributed by atoms with van der Waals surface area (Å²) in [5.74, 6) is 2.24. The number of hydrogen-bond acceptors (Lipinski definition) is 8. The zero-order valence-electron chi connectivity index (χ0n) is 21.0. The number of nitrogens with zero attached hydrogens (tertiary/aromatic N) is 2. The number of carbonyl (C=O) groups excluding carboxylic acids is 3. The van der Waals surface area contributed by atoms with Gasteiger partial charge < -0.3 is 14.4 Å². The number of thioether (sulfide) groups is 1. The van der Waals surface area contributed by atoms with E-state index in [0.717, 1.165) is 61.9 Å². The molecule has 9 heteroatoms. The van der Waals surface area contributed by atoms with Gasteiger partial charge in [0, 0.05) is 41.8 Å². The number of ketones is 3. The molecule has 3 fully saturated rings. The van der Waals surface area contributed by atoms with Crippen LogP contribution in [0.5, 0.6) is 0 Å².